The second-order valence-electron chi connectivity index (χ2n) is 0.408. The molecule has 0 unspecified atom stereocenters. The monoisotopic (exact) mass is 162 g/mol. The fourth-order valence-electron chi connectivity index (χ4n) is 0. The second kappa shape index (κ2) is 0.936. The molecule has 0 fully saturated rings. The molecule has 0 radical (unpaired) electrons. The Bertz CT molecular complexity index is 155. The summed E-state index contributed by atoms with van der Waals surface area (Å²) in [5, 5.41) is 0. The Hall–Kier alpha value is -0.112. The third kappa shape index (κ3) is 1110. The number of hydrogen-bond acceptors (Lipinski definition) is 4. The van der Waals surface area contributed by atoms with E-state index in [0.29, 0.717) is 0 Å². The van der Waals surface area contributed by atoms with Crippen LogP contribution in [0.2, 0.25) is 0 Å². The maximum atomic E-state index is 8.63. The zero-order valence-corrected chi connectivity index (χ0v) is 4.05. The van der Waals surface area contributed by atoms with Gasteiger partial charge in [-0.2, -0.15) is 0 Å². The van der Waals surface area contributed by atoms with Gasteiger partial charge in [-0.3, -0.25) is 0 Å². The molecule has 0 rings (SSSR count). The summed E-state index contributed by atoms with van der Waals surface area (Å²) in [6, 6.07) is 0. The molecule has 0 heterocycles. The van der Waals surface area contributed by atoms with Gasteiger partial charge < -0.3 is 0 Å². The first-order valence-corrected chi connectivity index (χ1v) is 3.94. The van der Waals surface area contributed by atoms with Crippen LogP contribution in [0.5, 0.6) is 0 Å². The first kappa shape index (κ1) is 4.89. The van der Waals surface area contributed by atoms with Crippen molar-refractivity contribution in [2.45, 2.75) is 0 Å². The van der Waals surface area contributed by atoms with Crippen LogP contribution in [0.1, 0.15) is 0 Å². The van der Waals surface area contributed by atoms with Crippen molar-refractivity contribution in [1.82, 2.24) is 0 Å². The van der Waals surface area contributed by atoms with E-state index >= 15 is 0 Å². The summed E-state index contributed by atoms with van der Waals surface area (Å²) in [6.45, 7) is 0. The quantitative estimate of drug-likeness (QED) is 0.449. The van der Waals surface area contributed by atoms with Crippen molar-refractivity contribution < 1.29 is 29.5 Å². The molecule has 0 aromatic rings. The Balaban J connectivity index is 6.05. The topological polar surface area (TPSA) is 68.3 Å². The van der Waals surface area contributed by atoms with Gasteiger partial charge in [0.15, 0.2) is 0 Å². The van der Waals surface area contributed by atoms with Crippen LogP contribution in [0.4, 0.5) is 0 Å². The molecule has 0 bridgehead atoms. The molecule has 0 atom stereocenters. The van der Waals surface area contributed by atoms with Gasteiger partial charge in [-0.25, -0.2) is 0 Å². The standard InChI is InChI=1S/Mo.4O. The molecule has 0 spiro atoms. The maximum absolute atomic E-state index is 8.63. The van der Waals surface area contributed by atoms with Crippen LogP contribution in [0, 0.1) is 0 Å². The Kier molecular flexibility index (Phi) is 0.915. The molecule has 0 aromatic heterocycles. The summed E-state index contributed by atoms with van der Waals surface area (Å²) in [5.41, 5.74) is 0. The fraction of sp³-hybridized carbons (Fsp3) is 0. The Morgan fingerprint density at radius 2 is 0.800 bits per heavy atom. The fourth-order valence-corrected chi connectivity index (χ4v) is 0. The predicted octanol–water partition coefficient (Wildman–Crippen LogP) is -0.478. The average Bonchev–Trinajstić information content (AvgIpc) is 0.722. The minimum absolute atomic E-state index is 6.02. The molecule has 0 amide bonds. The van der Waals surface area contributed by atoms with Crippen LogP contribution in [-0.4, -0.2) is 0 Å². The molecular weight excluding hydrogens is 160 g/mol. The van der Waals surface area contributed by atoms with Gasteiger partial charge in [0.2, 0.25) is 0 Å². The van der Waals surface area contributed by atoms with E-state index in [2.05, 4.69) is 0 Å². The summed E-state index contributed by atoms with van der Waals surface area (Å²) < 4.78 is 34.5. The first-order chi connectivity index (χ1) is 2.00. The van der Waals surface area contributed by atoms with E-state index in [1.54, 1.807) is 0 Å². The third-order valence-electron chi connectivity index (χ3n) is 0. The normalized spacial score (nSPS) is 8.00. The molecule has 4 nitrogen and oxygen atoms in total. The predicted molar refractivity (Wildman–Crippen MR) is 2.75 cm³/mol. The molecule has 0 aliphatic heterocycles. The molecule has 0 aliphatic rings. The number of rotatable bonds is 0. The van der Waals surface area contributed by atoms with E-state index in [4.69, 9.17) is 13.6 Å². The van der Waals surface area contributed by atoms with E-state index in [1.807, 2.05) is 0 Å². The summed E-state index contributed by atoms with van der Waals surface area (Å²) in [7, 11) is 0. The summed E-state index contributed by atoms with van der Waals surface area (Å²) in [5.74, 6) is 0. The molecular formula is MoO4. The number of hydrogen-bond donors (Lipinski definition) is 0. The van der Waals surface area contributed by atoms with Crippen LogP contribution in [0.25, 0.3) is 0 Å². The van der Waals surface area contributed by atoms with E-state index < -0.39 is 15.9 Å². The van der Waals surface area contributed by atoms with Crippen LogP contribution in [-0.2, 0) is 29.5 Å². The SMILES string of the molecule is [O]=[Mo](=[O])(=[O])=[O]. The van der Waals surface area contributed by atoms with Gasteiger partial charge in [-0.1, -0.05) is 0 Å². The van der Waals surface area contributed by atoms with Gasteiger partial charge in [0.05, 0.1) is 0 Å². The van der Waals surface area contributed by atoms with Gasteiger partial charge in [0.25, 0.3) is 0 Å². The van der Waals surface area contributed by atoms with Crippen molar-refractivity contribution in [3.05, 3.63) is 0 Å². The van der Waals surface area contributed by atoms with Crippen molar-refractivity contribution >= 4 is 0 Å². The van der Waals surface area contributed by atoms with Gasteiger partial charge in [-0.15, -0.1) is 0 Å². The van der Waals surface area contributed by atoms with Crippen molar-refractivity contribution in [2.24, 2.45) is 0 Å². The zero-order chi connectivity index (χ0) is 4.50. The van der Waals surface area contributed by atoms with Gasteiger partial charge in [-0.05, 0) is 0 Å². The molecule has 5 heavy (non-hydrogen) atoms. The van der Waals surface area contributed by atoms with Crippen LogP contribution in [0.15, 0.2) is 0 Å². The molecule has 30 valence electrons. The molecule has 0 saturated heterocycles. The van der Waals surface area contributed by atoms with Crippen molar-refractivity contribution in [3.8, 4) is 0 Å². The van der Waals surface area contributed by atoms with Gasteiger partial charge in [0, 0.05) is 0 Å². The van der Waals surface area contributed by atoms with E-state index in [0.717, 1.165) is 0 Å². The molecule has 0 aliphatic carbocycles. The average molecular weight is 160 g/mol. The molecule has 0 N–H and O–H groups in total. The zero-order valence-electron chi connectivity index (χ0n) is 2.04. The minimum atomic E-state index is -6.02. The third-order valence-corrected chi connectivity index (χ3v) is 0. The Morgan fingerprint density at radius 3 is 0.800 bits per heavy atom. The van der Waals surface area contributed by atoms with Crippen LogP contribution < -0.4 is 0 Å². The molecule has 0 aromatic carbocycles. The second-order valence-corrected chi connectivity index (χ2v) is 2.42. The van der Waals surface area contributed by atoms with E-state index in [9.17, 15) is 0 Å². The van der Waals surface area contributed by atoms with Gasteiger partial charge >= 0.3 is 29.5 Å². The van der Waals surface area contributed by atoms with Gasteiger partial charge in [0.1, 0.15) is 0 Å². The molecule has 5 heteroatoms. The van der Waals surface area contributed by atoms with E-state index in [1.165, 1.54) is 0 Å². The van der Waals surface area contributed by atoms with Crippen molar-refractivity contribution in [2.75, 3.05) is 0 Å². The Morgan fingerprint density at radius 1 is 0.800 bits per heavy atom. The summed E-state index contributed by atoms with van der Waals surface area (Å²) >= 11 is -6.02. The first-order valence-electron chi connectivity index (χ1n) is 0.667. The van der Waals surface area contributed by atoms with E-state index in [-0.39, 0.29) is 0 Å². The van der Waals surface area contributed by atoms with Crippen LogP contribution >= 0.6 is 0 Å². The summed E-state index contributed by atoms with van der Waals surface area (Å²) in [4.78, 5) is 0. The van der Waals surface area contributed by atoms with Crippen LogP contribution in [0.3, 0.4) is 0 Å². The molecule has 0 saturated carbocycles. The van der Waals surface area contributed by atoms with Crippen molar-refractivity contribution in [1.29, 1.82) is 0 Å². The summed E-state index contributed by atoms with van der Waals surface area (Å²) in [6.07, 6.45) is 0. The Labute approximate surface area is 30.2 Å². The van der Waals surface area contributed by atoms with Crippen molar-refractivity contribution in [3.63, 3.8) is 0 Å².